The summed E-state index contributed by atoms with van der Waals surface area (Å²) in [6, 6.07) is 3.30. The maximum Gasteiger partial charge on any atom is 0.321 e. The first-order valence-corrected chi connectivity index (χ1v) is 12.2. The predicted octanol–water partition coefficient (Wildman–Crippen LogP) is 3.90. The number of unbranched alkanes of at least 4 members (excludes halogenated alkanes) is 1. The van der Waals surface area contributed by atoms with E-state index in [9.17, 15) is 23.5 Å². The number of carbonyl (C=O) groups excluding carboxylic acids is 2. The smallest absolute Gasteiger partial charge is 0.321 e. The van der Waals surface area contributed by atoms with Crippen molar-refractivity contribution in [3.05, 3.63) is 53.2 Å². The van der Waals surface area contributed by atoms with Crippen LogP contribution in [0.25, 0.3) is 0 Å². The summed E-state index contributed by atoms with van der Waals surface area (Å²) in [6.07, 6.45) is 2.55. The quantitative estimate of drug-likeness (QED) is 0.571. The first kappa shape index (κ1) is 27.9. The van der Waals surface area contributed by atoms with Gasteiger partial charge in [0.05, 0.1) is 24.9 Å². The number of benzene rings is 1. The van der Waals surface area contributed by atoms with Crippen LogP contribution in [-0.4, -0.2) is 70.7 Å². The number of anilines is 1. The zero-order valence-corrected chi connectivity index (χ0v) is 21.4. The van der Waals surface area contributed by atoms with Gasteiger partial charge in [-0.2, -0.15) is 0 Å². The highest BCUT2D eigenvalue weighted by Gasteiger charge is 2.34. The molecule has 8 nitrogen and oxygen atoms in total. The standard InChI is InChI=1S/C27H32F2N4O4/c1-5-6-7-8-19-11-21-25(30-13-19)37-24(17(2)14-33(26(21)35)18(3)16-34)15-32(4)27(36)31-23-12-20(28)9-10-22(23)29/h9-13,17-18,24,34H,5-6,14-16H2,1-4H3,(H,31,36)/t17-,18+,24-/m0/s1. The van der Waals surface area contributed by atoms with E-state index in [1.54, 1.807) is 17.9 Å². The maximum absolute atomic E-state index is 14.0. The molecule has 2 aromatic rings. The lowest BCUT2D eigenvalue weighted by molar-refractivity contribution is 0.0356. The number of ether oxygens (including phenoxy) is 1. The number of aromatic nitrogens is 1. The number of fused-ring (bicyclic) bond motifs is 1. The van der Waals surface area contributed by atoms with Crippen molar-refractivity contribution >= 4 is 17.6 Å². The van der Waals surface area contributed by atoms with Crippen LogP contribution >= 0.6 is 0 Å². The first-order valence-electron chi connectivity index (χ1n) is 12.2. The Morgan fingerprint density at radius 3 is 2.84 bits per heavy atom. The average Bonchev–Trinajstić information content (AvgIpc) is 2.88. The van der Waals surface area contributed by atoms with Crippen molar-refractivity contribution in [3.63, 3.8) is 0 Å². The number of halogens is 2. The van der Waals surface area contributed by atoms with Crippen molar-refractivity contribution in [1.29, 1.82) is 0 Å². The Kier molecular flexibility index (Phi) is 9.42. The summed E-state index contributed by atoms with van der Waals surface area (Å²) in [5, 5.41) is 12.1. The van der Waals surface area contributed by atoms with E-state index >= 15 is 0 Å². The van der Waals surface area contributed by atoms with Crippen LogP contribution in [0.15, 0.2) is 30.5 Å². The molecule has 0 saturated heterocycles. The summed E-state index contributed by atoms with van der Waals surface area (Å²) < 4.78 is 33.7. The number of rotatable bonds is 6. The third kappa shape index (κ3) is 6.95. The van der Waals surface area contributed by atoms with Crippen LogP contribution in [0.2, 0.25) is 0 Å². The van der Waals surface area contributed by atoms with E-state index in [0.717, 1.165) is 24.6 Å². The van der Waals surface area contributed by atoms with Gasteiger partial charge in [0.25, 0.3) is 5.91 Å². The van der Waals surface area contributed by atoms with Gasteiger partial charge in [-0.1, -0.05) is 25.7 Å². The molecule has 3 amide bonds. The van der Waals surface area contributed by atoms with Crippen molar-refractivity contribution in [1.82, 2.24) is 14.8 Å². The summed E-state index contributed by atoms with van der Waals surface area (Å²) in [5.74, 6) is 4.09. The minimum Gasteiger partial charge on any atom is -0.472 e. The van der Waals surface area contributed by atoms with E-state index in [1.807, 2.05) is 13.8 Å². The molecule has 1 aromatic carbocycles. The summed E-state index contributed by atoms with van der Waals surface area (Å²) in [5.41, 5.74) is 0.509. The molecule has 0 saturated carbocycles. The van der Waals surface area contributed by atoms with Crippen molar-refractivity contribution in [2.24, 2.45) is 5.92 Å². The monoisotopic (exact) mass is 514 g/mol. The number of urea groups is 1. The molecule has 10 heteroatoms. The normalized spacial score (nSPS) is 17.9. The SMILES string of the molecule is CCCC#Cc1cnc2c(c1)C(=O)N([C@H](C)CO)C[C@H](C)[C@H](CN(C)C(=O)Nc1cc(F)ccc1F)O2. The van der Waals surface area contributed by atoms with E-state index in [4.69, 9.17) is 4.74 Å². The first-order chi connectivity index (χ1) is 17.6. The largest absolute Gasteiger partial charge is 0.472 e. The Morgan fingerprint density at radius 1 is 1.38 bits per heavy atom. The Hall–Kier alpha value is -3.71. The van der Waals surface area contributed by atoms with Crippen LogP contribution in [0.1, 0.15) is 49.5 Å². The van der Waals surface area contributed by atoms with E-state index < -0.39 is 29.8 Å². The molecule has 0 bridgehead atoms. The fourth-order valence-corrected chi connectivity index (χ4v) is 3.83. The van der Waals surface area contributed by atoms with Gasteiger partial charge in [0.1, 0.15) is 23.3 Å². The fourth-order valence-electron chi connectivity index (χ4n) is 3.83. The number of pyridine rings is 1. The highest BCUT2D eigenvalue weighted by molar-refractivity contribution is 5.97. The minimum absolute atomic E-state index is 0.0681. The van der Waals surface area contributed by atoms with Crippen LogP contribution in [0.4, 0.5) is 19.3 Å². The number of hydrogen-bond donors (Lipinski definition) is 2. The van der Waals surface area contributed by atoms with Crippen LogP contribution < -0.4 is 10.1 Å². The summed E-state index contributed by atoms with van der Waals surface area (Å²) in [6.45, 7) is 5.72. The molecule has 1 aliphatic heterocycles. The molecule has 0 fully saturated rings. The van der Waals surface area contributed by atoms with Crippen LogP contribution in [0, 0.1) is 29.4 Å². The number of nitrogens with one attached hydrogen (secondary N) is 1. The van der Waals surface area contributed by atoms with Gasteiger partial charge in [-0.25, -0.2) is 18.6 Å². The van der Waals surface area contributed by atoms with Gasteiger partial charge in [0.15, 0.2) is 0 Å². The molecule has 2 N–H and O–H groups in total. The molecule has 37 heavy (non-hydrogen) atoms. The van der Waals surface area contributed by atoms with Crippen LogP contribution in [0.3, 0.4) is 0 Å². The molecule has 0 spiro atoms. The van der Waals surface area contributed by atoms with Gasteiger partial charge in [-0.3, -0.25) is 4.79 Å². The van der Waals surface area contributed by atoms with Gasteiger partial charge in [0, 0.05) is 43.8 Å². The summed E-state index contributed by atoms with van der Waals surface area (Å²) in [7, 11) is 1.50. The molecule has 198 valence electrons. The molecule has 0 aliphatic carbocycles. The van der Waals surface area contributed by atoms with Gasteiger partial charge < -0.3 is 25.0 Å². The minimum atomic E-state index is -0.762. The van der Waals surface area contributed by atoms with Crippen LogP contribution in [0.5, 0.6) is 5.88 Å². The highest BCUT2D eigenvalue weighted by Crippen LogP contribution is 2.27. The Morgan fingerprint density at radius 2 is 2.14 bits per heavy atom. The third-order valence-electron chi connectivity index (χ3n) is 6.10. The second-order valence-electron chi connectivity index (χ2n) is 9.19. The van der Waals surface area contributed by atoms with Crippen molar-refractivity contribution in [3.8, 4) is 17.7 Å². The number of aliphatic hydroxyl groups is 1. The number of amides is 3. The van der Waals surface area contributed by atoms with Gasteiger partial charge in [-0.15, -0.1) is 0 Å². The van der Waals surface area contributed by atoms with Gasteiger partial charge in [-0.05, 0) is 31.5 Å². The lowest BCUT2D eigenvalue weighted by atomic mass is 10.00. The Labute approximate surface area is 215 Å². The van der Waals surface area contributed by atoms with E-state index in [1.165, 1.54) is 18.1 Å². The van der Waals surface area contributed by atoms with E-state index in [-0.39, 0.29) is 48.7 Å². The van der Waals surface area contributed by atoms with Gasteiger partial charge in [0.2, 0.25) is 5.88 Å². The molecule has 1 aromatic heterocycles. The van der Waals surface area contributed by atoms with Gasteiger partial charge >= 0.3 is 6.03 Å². The fraction of sp³-hybridized carbons (Fsp3) is 0.444. The lowest BCUT2D eigenvalue weighted by Crippen LogP contribution is -2.50. The molecular weight excluding hydrogens is 482 g/mol. The summed E-state index contributed by atoms with van der Waals surface area (Å²) in [4.78, 5) is 33.4. The van der Waals surface area contributed by atoms with Crippen molar-refractivity contribution < 1.29 is 28.2 Å². The second-order valence-corrected chi connectivity index (χ2v) is 9.19. The second kappa shape index (κ2) is 12.5. The Balaban J connectivity index is 1.88. The Bertz CT molecular complexity index is 1200. The zero-order valence-electron chi connectivity index (χ0n) is 21.4. The van der Waals surface area contributed by atoms with E-state index in [0.29, 0.717) is 12.0 Å². The van der Waals surface area contributed by atoms with Crippen molar-refractivity contribution in [2.45, 2.75) is 45.8 Å². The molecule has 3 atom stereocenters. The van der Waals surface area contributed by atoms with E-state index in [2.05, 4.69) is 22.1 Å². The number of aliphatic hydroxyl groups excluding tert-OH is 1. The molecular formula is C27H32F2N4O4. The van der Waals surface area contributed by atoms with Crippen molar-refractivity contribution in [2.75, 3.05) is 32.1 Å². The summed E-state index contributed by atoms with van der Waals surface area (Å²) >= 11 is 0. The molecule has 0 radical (unpaired) electrons. The molecule has 3 rings (SSSR count). The lowest BCUT2D eigenvalue weighted by Gasteiger charge is -2.37. The topological polar surface area (TPSA) is 95.0 Å². The predicted molar refractivity (Wildman–Crippen MR) is 135 cm³/mol. The number of hydrogen-bond acceptors (Lipinski definition) is 5. The molecule has 0 unspecified atom stereocenters. The van der Waals surface area contributed by atoms with Crippen LogP contribution in [-0.2, 0) is 0 Å². The molecule has 2 heterocycles. The maximum atomic E-state index is 14.0. The highest BCUT2D eigenvalue weighted by atomic mass is 19.1. The molecule has 1 aliphatic rings. The third-order valence-corrected chi connectivity index (χ3v) is 6.10. The average molecular weight is 515 g/mol. The number of nitrogens with zero attached hydrogens (tertiary/aromatic N) is 3. The zero-order chi connectivity index (χ0) is 27.1. The number of carbonyl (C=O) groups is 2. The number of likely N-dealkylation sites (N-methyl/N-ethyl adjacent to an activating group) is 1.